The minimum atomic E-state index is -0.125. The van der Waals surface area contributed by atoms with Gasteiger partial charge in [0.25, 0.3) is 0 Å². The largest absolute Gasteiger partial charge is 0.497 e. The molecule has 1 aliphatic heterocycles. The summed E-state index contributed by atoms with van der Waals surface area (Å²) in [6, 6.07) is 13.2. The molecule has 1 heterocycles. The lowest BCUT2D eigenvalue weighted by atomic mass is 10.1. The standard InChI is InChI=1S/C21H27N3O4/c1-26-17-8-9-18(20(14-17)28-3)22-21(25)24-12-10-23(11-13-24)15-16-6-4-5-7-19(16)27-2/h4-9,14H,10-13,15H2,1-3H3,(H,22,25). The van der Waals surface area contributed by atoms with Gasteiger partial charge in [0.2, 0.25) is 0 Å². The van der Waals surface area contributed by atoms with Gasteiger partial charge in [-0.15, -0.1) is 0 Å². The lowest BCUT2D eigenvalue weighted by molar-refractivity contribution is 0.142. The molecule has 2 aromatic rings. The number of hydrogen-bond acceptors (Lipinski definition) is 5. The zero-order chi connectivity index (χ0) is 19.9. The number of ether oxygens (including phenoxy) is 3. The van der Waals surface area contributed by atoms with Gasteiger partial charge in [0, 0.05) is 44.4 Å². The van der Waals surface area contributed by atoms with Gasteiger partial charge in [-0.1, -0.05) is 18.2 Å². The van der Waals surface area contributed by atoms with Crippen molar-refractivity contribution in [3.05, 3.63) is 48.0 Å². The first-order chi connectivity index (χ1) is 13.6. The van der Waals surface area contributed by atoms with Crippen molar-refractivity contribution in [2.24, 2.45) is 0 Å². The van der Waals surface area contributed by atoms with Crippen molar-refractivity contribution >= 4 is 11.7 Å². The molecule has 0 aliphatic carbocycles. The van der Waals surface area contributed by atoms with Gasteiger partial charge in [-0.2, -0.15) is 0 Å². The fourth-order valence-electron chi connectivity index (χ4n) is 3.28. The Balaban J connectivity index is 1.55. The predicted octanol–water partition coefficient (Wildman–Crippen LogP) is 3.06. The Kier molecular flexibility index (Phi) is 6.60. The van der Waals surface area contributed by atoms with Crippen LogP contribution in [0.1, 0.15) is 5.56 Å². The van der Waals surface area contributed by atoms with Gasteiger partial charge < -0.3 is 24.4 Å². The van der Waals surface area contributed by atoms with E-state index in [0.29, 0.717) is 30.3 Å². The van der Waals surface area contributed by atoms with Crippen molar-refractivity contribution in [1.29, 1.82) is 0 Å². The second-order valence-electron chi connectivity index (χ2n) is 6.57. The molecular formula is C21H27N3O4. The van der Waals surface area contributed by atoms with Crippen molar-refractivity contribution < 1.29 is 19.0 Å². The Bertz CT molecular complexity index is 804. The van der Waals surface area contributed by atoms with E-state index < -0.39 is 0 Å². The average Bonchev–Trinajstić information content (AvgIpc) is 2.74. The molecule has 0 aromatic heterocycles. The predicted molar refractivity (Wildman–Crippen MR) is 108 cm³/mol. The van der Waals surface area contributed by atoms with Crippen LogP contribution in [0.4, 0.5) is 10.5 Å². The van der Waals surface area contributed by atoms with E-state index in [-0.39, 0.29) is 6.03 Å². The topological polar surface area (TPSA) is 63.3 Å². The summed E-state index contributed by atoms with van der Waals surface area (Å²) in [5, 5.41) is 2.93. The SMILES string of the molecule is COc1ccc(NC(=O)N2CCN(Cc3ccccc3OC)CC2)c(OC)c1. The van der Waals surface area contributed by atoms with Crippen LogP contribution in [0.15, 0.2) is 42.5 Å². The van der Waals surface area contributed by atoms with Crippen LogP contribution >= 0.6 is 0 Å². The molecule has 7 nitrogen and oxygen atoms in total. The molecule has 0 bridgehead atoms. The third-order valence-electron chi connectivity index (χ3n) is 4.90. The number of urea groups is 1. The highest BCUT2D eigenvalue weighted by molar-refractivity contribution is 5.91. The summed E-state index contributed by atoms with van der Waals surface area (Å²) in [5.41, 5.74) is 1.79. The van der Waals surface area contributed by atoms with Crippen molar-refractivity contribution in [2.45, 2.75) is 6.54 Å². The maximum atomic E-state index is 12.6. The number of carbonyl (C=O) groups is 1. The number of methoxy groups -OCH3 is 3. The second-order valence-corrected chi connectivity index (χ2v) is 6.57. The molecule has 28 heavy (non-hydrogen) atoms. The molecule has 0 radical (unpaired) electrons. The lowest BCUT2D eigenvalue weighted by Gasteiger charge is -2.35. The molecule has 1 saturated heterocycles. The summed E-state index contributed by atoms with van der Waals surface area (Å²) < 4.78 is 16.0. The number of anilines is 1. The van der Waals surface area contributed by atoms with Gasteiger partial charge in [-0.25, -0.2) is 4.79 Å². The van der Waals surface area contributed by atoms with E-state index >= 15 is 0 Å². The molecule has 2 amide bonds. The minimum Gasteiger partial charge on any atom is -0.497 e. The van der Waals surface area contributed by atoms with Crippen LogP contribution in [0, 0.1) is 0 Å². The molecule has 0 spiro atoms. The Labute approximate surface area is 165 Å². The van der Waals surface area contributed by atoms with Crippen LogP contribution in [0.3, 0.4) is 0 Å². The lowest BCUT2D eigenvalue weighted by Crippen LogP contribution is -2.49. The Morgan fingerprint density at radius 1 is 0.929 bits per heavy atom. The summed E-state index contributed by atoms with van der Waals surface area (Å²) in [5.74, 6) is 2.15. The number of piperazine rings is 1. The first-order valence-corrected chi connectivity index (χ1v) is 9.26. The Morgan fingerprint density at radius 3 is 2.32 bits per heavy atom. The number of para-hydroxylation sites is 1. The van der Waals surface area contributed by atoms with E-state index in [1.807, 2.05) is 23.1 Å². The van der Waals surface area contributed by atoms with Crippen LogP contribution < -0.4 is 19.5 Å². The smallest absolute Gasteiger partial charge is 0.322 e. The van der Waals surface area contributed by atoms with E-state index in [9.17, 15) is 4.79 Å². The van der Waals surface area contributed by atoms with Crippen molar-refractivity contribution in [3.8, 4) is 17.2 Å². The van der Waals surface area contributed by atoms with E-state index in [4.69, 9.17) is 14.2 Å². The molecular weight excluding hydrogens is 358 g/mol. The number of nitrogens with one attached hydrogen (secondary N) is 1. The molecule has 150 valence electrons. The molecule has 0 unspecified atom stereocenters. The van der Waals surface area contributed by atoms with Gasteiger partial charge in [0.05, 0.1) is 27.0 Å². The Morgan fingerprint density at radius 2 is 1.64 bits per heavy atom. The summed E-state index contributed by atoms with van der Waals surface area (Å²) in [4.78, 5) is 16.8. The molecule has 3 rings (SSSR count). The number of hydrogen-bond donors (Lipinski definition) is 1. The van der Waals surface area contributed by atoms with Crippen molar-refractivity contribution in [2.75, 3.05) is 52.8 Å². The third-order valence-corrected chi connectivity index (χ3v) is 4.90. The summed E-state index contributed by atoms with van der Waals surface area (Å²) in [7, 11) is 4.85. The number of amides is 2. The molecule has 0 atom stereocenters. The molecule has 2 aromatic carbocycles. The van der Waals surface area contributed by atoms with Gasteiger partial charge in [-0.3, -0.25) is 4.90 Å². The number of benzene rings is 2. The summed E-state index contributed by atoms with van der Waals surface area (Å²) in [6.07, 6.45) is 0. The van der Waals surface area contributed by atoms with E-state index in [1.54, 1.807) is 39.5 Å². The van der Waals surface area contributed by atoms with E-state index in [2.05, 4.69) is 16.3 Å². The van der Waals surface area contributed by atoms with Crippen molar-refractivity contribution in [1.82, 2.24) is 9.80 Å². The second kappa shape index (κ2) is 9.32. The third kappa shape index (κ3) is 4.67. The first-order valence-electron chi connectivity index (χ1n) is 9.26. The Hall–Kier alpha value is -2.93. The van der Waals surface area contributed by atoms with Gasteiger partial charge >= 0.3 is 6.03 Å². The average molecular weight is 385 g/mol. The van der Waals surface area contributed by atoms with Crippen LogP contribution in [-0.4, -0.2) is 63.3 Å². The van der Waals surface area contributed by atoms with Gasteiger partial charge in [0.1, 0.15) is 17.2 Å². The minimum absolute atomic E-state index is 0.125. The molecule has 1 N–H and O–H groups in total. The van der Waals surface area contributed by atoms with Crippen LogP contribution in [0.2, 0.25) is 0 Å². The van der Waals surface area contributed by atoms with Crippen LogP contribution in [0.25, 0.3) is 0 Å². The molecule has 1 aliphatic rings. The first kappa shape index (κ1) is 19.8. The quantitative estimate of drug-likeness (QED) is 0.828. The van der Waals surface area contributed by atoms with Crippen LogP contribution in [-0.2, 0) is 6.54 Å². The fourth-order valence-corrected chi connectivity index (χ4v) is 3.28. The van der Waals surface area contributed by atoms with Crippen LogP contribution in [0.5, 0.6) is 17.2 Å². The summed E-state index contributed by atoms with van der Waals surface area (Å²) >= 11 is 0. The van der Waals surface area contributed by atoms with Gasteiger partial charge in [0.15, 0.2) is 0 Å². The highest BCUT2D eigenvalue weighted by Gasteiger charge is 2.22. The van der Waals surface area contributed by atoms with E-state index in [0.717, 1.165) is 30.9 Å². The number of rotatable bonds is 6. The molecule has 1 fully saturated rings. The fraction of sp³-hybridized carbons (Fsp3) is 0.381. The highest BCUT2D eigenvalue weighted by atomic mass is 16.5. The number of carbonyl (C=O) groups excluding carboxylic acids is 1. The summed E-state index contributed by atoms with van der Waals surface area (Å²) in [6.45, 7) is 3.76. The number of nitrogens with zero attached hydrogens (tertiary/aromatic N) is 2. The zero-order valence-corrected chi connectivity index (χ0v) is 16.6. The maximum Gasteiger partial charge on any atom is 0.322 e. The van der Waals surface area contributed by atoms with Crippen molar-refractivity contribution in [3.63, 3.8) is 0 Å². The molecule has 7 heteroatoms. The maximum absolute atomic E-state index is 12.6. The monoisotopic (exact) mass is 385 g/mol. The zero-order valence-electron chi connectivity index (χ0n) is 16.6. The van der Waals surface area contributed by atoms with Gasteiger partial charge in [-0.05, 0) is 18.2 Å². The normalized spacial score (nSPS) is 14.5. The van der Waals surface area contributed by atoms with E-state index in [1.165, 1.54) is 0 Å². The highest BCUT2D eigenvalue weighted by Crippen LogP contribution is 2.29. The molecule has 0 saturated carbocycles.